The third-order valence-corrected chi connectivity index (χ3v) is 7.43. The molecular weight excluding hydrogens is 513 g/mol. The standard InChI is InChI=1S/C27H29F3N6O3/c1-16(18-6-4-3-5-7-18)25(37)31-20-10-19(27(28,29)30)11-21(12-20)32-26(38)33-24-15-36(34-39-24)23-9-17-8-22(13-23)35(2)14-17/h3-7,10-12,15-17,22-23H,8-9,13-14H2,1-2H3,(H2-,31,32,33,34,37,38)/t16-,17?,22?,23?/m0/s1. The molecule has 1 saturated heterocycles. The summed E-state index contributed by atoms with van der Waals surface area (Å²) in [7, 11) is 2.12. The van der Waals surface area contributed by atoms with Crippen molar-refractivity contribution in [3.8, 4) is 0 Å². The highest BCUT2D eigenvalue weighted by Crippen LogP contribution is 2.38. The fourth-order valence-electron chi connectivity index (χ4n) is 5.43. The monoisotopic (exact) mass is 542 g/mol. The van der Waals surface area contributed by atoms with E-state index in [1.807, 2.05) is 0 Å². The number of hydrogen-bond donors (Lipinski definition) is 2. The maximum Gasteiger partial charge on any atom is 0.416 e. The Kier molecular flexibility index (Phi) is 7.30. The number of carbonyl (C=O) groups is 1. The lowest BCUT2D eigenvalue weighted by Gasteiger charge is -2.22. The molecule has 2 heterocycles. The maximum absolute atomic E-state index is 13.6. The average Bonchev–Trinajstić information content (AvgIpc) is 3.46. The topological polar surface area (TPSA) is 110 Å². The molecule has 3 aromatic rings. The van der Waals surface area contributed by atoms with E-state index in [9.17, 15) is 23.1 Å². The molecular formula is C27H29F3N6O3. The second-order valence-electron chi connectivity index (χ2n) is 10.3. The minimum atomic E-state index is -4.71. The van der Waals surface area contributed by atoms with Crippen molar-refractivity contribution in [2.75, 3.05) is 24.2 Å². The van der Waals surface area contributed by atoms with Crippen LogP contribution >= 0.6 is 0 Å². The van der Waals surface area contributed by atoms with E-state index >= 15 is 0 Å². The highest BCUT2D eigenvalue weighted by atomic mass is 19.4. The molecule has 2 amide bonds. The summed E-state index contributed by atoms with van der Waals surface area (Å²) in [6, 6.07) is 11.4. The van der Waals surface area contributed by atoms with Gasteiger partial charge in [-0.25, -0.2) is 4.79 Å². The van der Waals surface area contributed by atoms with Gasteiger partial charge in [-0.2, -0.15) is 13.2 Å². The predicted octanol–water partition coefficient (Wildman–Crippen LogP) is 4.47. The van der Waals surface area contributed by atoms with Crippen LogP contribution in [0.2, 0.25) is 0 Å². The van der Waals surface area contributed by atoms with E-state index < -0.39 is 29.6 Å². The molecule has 2 bridgehead atoms. The summed E-state index contributed by atoms with van der Waals surface area (Å²) >= 11 is 0. The number of carbonyl (C=O) groups excluding carboxylic acids is 1. The van der Waals surface area contributed by atoms with Gasteiger partial charge in [0, 0.05) is 37.0 Å². The lowest BCUT2D eigenvalue weighted by Crippen LogP contribution is -2.45. The number of urea groups is 1. The molecule has 2 aromatic carbocycles. The number of rotatable bonds is 6. The van der Waals surface area contributed by atoms with E-state index in [2.05, 4.69) is 32.8 Å². The Labute approximate surface area is 223 Å². The molecule has 2 fully saturated rings. The van der Waals surface area contributed by atoms with Gasteiger partial charge in [-0.1, -0.05) is 37.3 Å². The molecule has 2 N–H and O–H groups in total. The van der Waals surface area contributed by atoms with E-state index in [1.54, 1.807) is 48.1 Å². The van der Waals surface area contributed by atoms with Crippen LogP contribution in [-0.2, 0) is 6.18 Å². The minimum absolute atomic E-state index is 0.0579. The zero-order valence-corrected chi connectivity index (χ0v) is 21.5. The van der Waals surface area contributed by atoms with Crippen molar-refractivity contribution in [1.82, 2.24) is 10.2 Å². The quantitative estimate of drug-likeness (QED) is 0.271. The molecule has 2 aliphatic rings. The number of likely N-dealkylation sites (tertiary alicyclic amines) is 1. The van der Waals surface area contributed by atoms with Crippen LogP contribution in [0.25, 0.3) is 0 Å². The van der Waals surface area contributed by atoms with Gasteiger partial charge >= 0.3 is 18.1 Å². The van der Waals surface area contributed by atoms with Crippen molar-refractivity contribution >= 4 is 29.2 Å². The van der Waals surface area contributed by atoms with Gasteiger partial charge in [0.25, 0.3) is 6.20 Å². The van der Waals surface area contributed by atoms with Crippen LogP contribution in [-0.4, -0.2) is 41.7 Å². The molecule has 0 spiro atoms. The van der Waals surface area contributed by atoms with Crippen LogP contribution in [0, 0.1) is 5.92 Å². The lowest BCUT2D eigenvalue weighted by molar-refractivity contribution is -0.788. The summed E-state index contributed by atoms with van der Waals surface area (Å²) < 4.78 is 47.7. The molecule has 206 valence electrons. The summed E-state index contributed by atoms with van der Waals surface area (Å²) in [5, 5.41) is 21.5. The number of amides is 2. The molecule has 12 heteroatoms. The number of benzene rings is 2. The summed E-state index contributed by atoms with van der Waals surface area (Å²) in [5.74, 6) is -0.615. The Bertz CT molecular complexity index is 1360. The molecule has 39 heavy (non-hydrogen) atoms. The Balaban J connectivity index is 1.29. The molecule has 3 unspecified atom stereocenters. The first-order valence-electron chi connectivity index (χ1n) is 12.7. The fraction of sp³-hybridized carbons (Fsp3) is 0.407. The molecule has 9 nitrogen and oxygen atoms in total. The third-order valence-electron chi connectivity index (χ3n) is 7.43. The molecule has 1 aliphatic carbocycles. The minimum Gasteiger partial charge on any atom is -0.861 e. The number of hydrogen-bond acceptors (Lipinski definition) is 6. The SMILES string of the molecule is C[C@H](C([O-])=Nc1cc(NC(=O)Nc2c[n+](C3CC4CC(C3)N(C)C4)no2)cc(C(F)(F)F)c1)c1ccccc1. The normalized spacial score (nSPS) is 22.5. The first-order chi connectivity index (χ1) is 18.5. The Morgan fingerprint density at radius 1 is 1.18 bits per heavy atom. The first-order valence-corrected chi connectivity index (χ1v) is 12.7. The van der Waals surface area contributed by atoms with Crippen LogP contribution in [0.1, 0.15) is 49.3 Å². The number of alkyl halides is 3. The van der Waals surface area contributed by atoms with Gasteiger partial charge in [0.1, 0.15) is 0 Å². The highest BCUT2D eigenvalue weighted by molar-refractivity contribution is 5.99. The van der Waals surface area contributed by atoms with Gasteiger partial charge in [0.15, 0.2) is 6.04 Å². The second kappa shape index (κ2) is 10.7. The Morgan fingerprint density at radius 3 is 2.67 bits per heavy atom. The van der Waals surface area contributed by atoms with Crippen molar-refractivity contribution in [3.05, 3.63) is 65.9 Å². The molecule has 0 radical (unpaired) electrons. The molecule has 1 aromatic heterocycles. The molecule has 1 saturated carbocycles. The Morgan fingerprint density at radius 2 is 1.95 bits per heavy atom. The van der Waals surface area contributed by atoms with Gasteiger partial charge in [0.05, 0.1) is 11.3 Å². The number of aromatic nitrogens is 2. The molecule has 4 atom stereocenters. The van der Waals surface area contributed by atoms with Crippen molar-refractivity contribution < 1.29 is 32.3 Å². The van der Waals surface area contributed by atoms with Crippen LogP contribution in [0.3, 0.4) is 0 Å². The lowest BCUT2D eigenvalue weighted by atomic mass is 9.86. The van der Waals surface area contributed by atoms with Crippen LogP contribution in [0.5, 0.6) is 0 Å². The summed E-state index contributed by atoms with van der Waals surface area (Å²) in [5.41, 5.74) is -0.760. The molecule has 5 rings (SSSR count). The predicted molar refractivity (Wildman–Crippen MR) is 136 cm³/mol. The summed E-state index contributed by atoms with van der Waals surface area (Å²) in [6.45, 7) is 2.68. The third kappa shape index (κ3) is 6.22. The largest absolute Gasteiger partial charge is 0.861 e. The zero-order chi connectivity index (χ0) is 27.7. The smallest absolute Gasteiger partial charge is 0.416 e. The molecule has 1 aliphatic heterocycles. The number of halogens is 3. The highest BCUT2D eigenvalue weighted by Gasteiger charge is 2.43. The Hall–Kier alpha value is -3.93. The number of nitrogens with one attached hydrogen (secondary N) is 2. The number of anilines is 2. The second-order valence-corrected chi connectivity index (χ2v) is 10.3. The van der Waals surface area contributed by atoms with Crippen LogP contribution in [0.15, 0.2) is 64.2 Å². The van der Waals surface area contributed by atoms with Crippen molar-refractivity contribution in [1.29, 1.82) is 0 Å². The fourth-order valence-corrected chi connectivity index (χ4v) is 5.43. The van der Waals surface area contributed by atoms with Crippen molar-refractivity contribution in [3.63, 3.8) is 0 Å². The van der Waals surface area contributed by atoms with Crippen molar-refractivity contribution in [2.45, 2.75) is 50.4 Å². The number of nitrogens with zero attached hydrogens (tertiary/aromatic N) is 4. The van der Waals surface area contributed by atoms with E-state index in [-0.39, 0.29) is 23.3 Å². The van der Waals surface area contributed by atoms with E-state index in [0.717, 1.165) is 31.5 Å². The summed E-state index contributed by atoms with van der Waals surface area (Å²) in [4.78, 5) is 18.9. The van der Waals surface area contributed by atoms with E-state index in [0.29, 0.717) is 17.5 Å². The average molecular weight is 543 g/mol. The first kappa shape index (κ1) is 26.7. The van der Waals surface area contributed by atoms with Gasteiger partial charge < -0.3 is 15.3 Å². The van der Waals surface area contributed by atoms with Gasteiger partial charge in [-0.3, -0.25) is 14.8 Å². The number of fused-ring (bicyclic) bond motifs is 2. The van der Waals surface area contributed by atoms with E-state index in [4.69, 9.17) is 4.52 Å². The van der Waals surface area contributed by atoms with Gasteiger partial charge in [0.2, 0.25) is 5.27 Å². The van der Waals surface area contributed by atoms with Crippen LogP contribution in [0.4, 0.5) is 35.2 Å². The van der Waals surface area contributed by atoms with E-state index in [1.165, 1.54) is 12.5 Å². The summed E-state index contributed by atoms with van der Waals surface area (Å²) in [6.07, 6.45) is -0.0846. The van der Waals surface area contributed by atoms with Crippen LogP contribution < -0.4 is 20.4 Å². The number of aliphatic imine (C=N–C) groups is 1. The van der Waals surface area contributed by atoms with Gasteiger partial charge in [-0.15, -0.1) is 0 Å². The zero-order valence-electron chi connectivity index (χ0n) is 21.5. The maximum atomic E-state index is 13.6. The van der Waals surface area contributed by atoms with Crippen molar-refractivity contribution in [2.24, 2.45) is 10.9 Å². The van der Waals surface area contributed by atoms with Gasteiger partial charge in [-0.05, 0) is 53.7 Å².